The number of nitrogens with zero attached hydrogens (tertiary/aromatic N) is 1. The molecule has 2 heterocycles. The molecule has 0 bridgehead atoms. The van der Waals surface area contributed by atoms with Gasteiger partial charge in [0.25, 0.3) is 11.8 Å². The summed E-state index contributed by atoms with van der Waals surface area (Å²) < 4.78 is 0.303. The van der Waals surface area contributed by atoms with E-state index in [0.717, 1.165) is 11.8 Å². The second-order valence-corrected chi connectivity index (χ2v) is 8.14. The van der Waals surface area contributed by atoms with E-state index < -0.39 is 11.8 Å². The molecule has 0 atom stereocenters. The molecule has 1 saturated heterocycles. The van der Waals surface area contributed by atoms with Gasteiger partial charge in [-0.3, -0.25) is 19.3 Å². The molecule has 2 aromatic rings. The largest absolute Gasteiger partial charge is 0.325 e. The Morgan fingerprint density at radius 3 is 2.54 bits per heavy atom. The maximum Gasteiger partial charge on any atom is 0.264 e. The predicted octanol–water partition coefficient (Wildman–Crippen LogP) is 3.18. The minimum atomic E-state index is -0.408. The van der Waals surface area contributed by atoms with Crippen LogP contribution < -0.4 is 15.5 Å². The Bertz CT molecular complexity index is 1070. The molecule has 0 spiro atoms. The Hall–Kier alpha value is -2.68. The molecule has 0 radical (unpaired) electrons. The average Bonchev–Trinajstić information content (AvgIpc) is 3.13. The molecule has 140 valence electrons. The van der Waals surface area contributed by atoms with Crippen molar-refractivity contribution in [3.05, 3.63) is 64.0 Å². The number of rotatable bonds is 3. The van der Waals surface area contributed by atoms with E-state index in [1.807, 2.05) is 0 Å². The van der Waals surface area contributed by atoms with Crippen LogP contribution in [-0.2, 0) is 14.4 Å². The third kappa shape index (κ3) is 3.42. The summed E-state index contributed by atoms with van der Waals surface area (Å²) in [6, 6.07) is 13.7. The van der Waals surface area contributed by atoms with Crippen molar-refractivity contribution in [2.45, 2.75) is 0 Å². The molecule has 28 heavy (non-hydrogen) atoms. The van der Waals surface area contributed by atoms with Crippen molar-refractivity contribution in [3.8, 4) is 0 Å². The first kappa shape index (κ1) is 18.7. The van der Waals surface area contributed by atoms with Crippen molar-refractivity contribution in [1.82, 2.24) is 5.32 Å². The van der Waals surface area contributed by atoms with Gasteiger partial charge in [-0.2, -0.15) is 0 Å². The van der Waals surface area contributed by atoms with Gasteiger partial charge in [-0.1, -0.05) is 53.8 Å². The van der Waals surface area contributed by atoms with Crippen LogP contribution in [0.4, 0.5) is 11.4 Å². The molecular weight excluding hydrogens is 418 g/mol. The van der Waals surface area contributed by atoms with E-state index >= 15 is 0 Å². The first-order valence-electron chi connectivity index (χ1n) is 8.18. The second-order valence-electron chi connectivity index (χ2n) is 6.01. The van der Waals surface area contributed by atoms with E-state index in [-0.39, 0.29) is 22.9 Å². The van der Waals surface area contributed by atoms with Crippen LogP contribution in [0, 0.1) is 0 Å². The highest BCUT2D eigenvalue weighted by Crippen LogP contribution is 2.42. The lowest BCUT2D eigenvalue weighted by Gasteiger charge is -2.16. The fourth-order valence-electron chi connectivity index (χ4n) is 3.01. The third-order valence-electron chi connectivity index (χ3n) is 4.20. The number of thiocarbonyl (C=S) groups is 1. The zero-order valence-corrected chi connectivity index (χ0v) is 16.6. The molecule has 1 fully saturated rings. The van der Waals surface area contributed by atoms with Crippen LogP contribution in [-0.4, -0.2) is 28.6 Å². The summed E-state index contributed by atoms with van der Waals surface area (Å²) in [7, 11) is 0. The summed E-state index contributed by atoms with van der Waals surface area (Å²) in [6.07, 6.45) is 0. The summed E-state index contributed by atoms with van der Waals surface area (Å²) in [6.45, 7) is -0.189. The van der Waals surface area contributed by atoms with Crippen LogP contribution in [0.3, 0.4) is 0 Å². The number of benzene rings is 2. The lowest BCUT2D eigenvalue weighted by Crippen LogP contribution is -2.35. The van der Waals surface area contributed by atoms with Crippen molar-refractivity contribution in [2.24, 2.45) is 0 Å². The first-order chi connectivity index (χ1) is 13.4. The van der Waals surface area contributed by atoms with Crippen molar-refractivity contribution in [2.75, 3.05) is 16.8 Å². The average molecular weight is 430 g/mol. The lowest BCUT2D eigenvalue weighted by molar-refractivity contribution is -0.118. The summed E-state index contributed by atoms with van der Waals surface area (Å²) in [5.74, 6) is -1.17. The van der Waals surface area contributed by atoms with Gasteiger partial charge >= 0.3 is 0 Å². The number of carbonyl (C=O) groups excluding carboxylic acids is 3. The van der Waals surface area contributed by atoms with Crippen LogP contribution in [0.5, 0.6) is 0 Å². The third-order valence-corrected chi connectivity index (χ3v) is 5.68. The molecule has 0 aliphatic carbocycles. The quantitative estimate of drug-likeness (QED) is 0.578. The van der Waals surface area contributed by atoms with Gasteiger partial charge in [-0.25, -0.2) is 0 Å². The van der Waals surface area contributed by atoms with Gasteiger partial charge in [0, 0.05) is 16.3 Å². The number of halogens is 1. The SMILES string of the molecule is O=C(CN1C(=O)/C(=C2/SC(=S)NC2=O)c2ccccc21)Nc1ccc(Cl)cc1. The standard InChI is InChI=1S/C19H12ClN3O3S2/c20-10-5-7-11(8-6-10)21-14(24)9-23-13-4-2-1-3-12(13)15(18(23)26)16-17(25)22-19(27)28-16/h1-8H,9H2,(H,21,24)(H,22,25,27)/b16-15+. The zero-order chi connectivity index (χ0) is 19.8. The molecule has 2 aliphatic rings. The molecule has 0 unspecified atom stereocenters. The fraction of sp³-hybridized carbons (Fsp3) is 0.0526. The topological polar surface area (TPSA) is 78.5 Å². The Morgan fingerprint density at radius 1 is 1.14 bits per heavy atom. The van der Waals surface area contributed by atoms with E-state index in [9.17, 15) is 14.4 Å². The molecule has 6 nitrogen and oxygen atoms in total. The summed E-state index contributed by atoms with van der Waals surface area (Å²) >= 11 is 11.9. The van der Waals surface area contributed by atoms with Crippen LogP contribution in [0.25, 0.3) is 5.57 Å². The van der Waals surface area contributed by atoms with Gasteiger partial charge in [0.2, 0.25) is 5.91 Å². The Kier molecular flexibility index (Phi) is 4.92. The monoisotopic (exact) mass is 429 g/mol. The summed E-state index contributed by atoms with van der Waals surface area (Å²) in [4.78, 5) is 39.4. The number of fused-ring (bicyclic) bond motifs is 1. The molecule has 0 saturated carbocycles. The lowest BCUT2D eigenvalue weighted by atomic mass is 10.1. The number of para-hydroxylation sites is 1. The van der Waals surface area contributed by atoms with Crippen LogP contribution >= 0.6 is 35.6 Å². The number of hydrogen-bond donors (Lipinski definition) is 2. The van der Waals surface area contributed by atoms with E-state index in [1.165, 1.54) is 4.90 Å². The molecule has 2 aromatic carbocycles. The molecule has 9 heteroatoms. The van der Waals surface area contributed by atoms with Crippen LogP contribution in [0.2, 0.25) is 5.02 Å². The van der Waals surface area contributed by atoms with E-state index in [4.69, 9.17) is 23.8 Å². The maximum atomic E-state index is 13.1. The van der Waals surface area contributed by atoms with E-state index in [1.54, 1.807) is 48.5 Å². The molecule has 2 aliphatic heterocycles. The number of carbonyl (C=O) groups is 3. The Morgan fingerprint density at radius 2 is 1.86 bits per heavy atom. The fourth-order valence-corrected chi connectivity index (χ4v) is 4.25. The molecule has 2 N–H and O–H groups in total. The van der Waals surface area contributed by atoms with Crippen molar-refractivity contribution < 1.29 is 14.4 Å². The normalized spacial score (nSPS) is 18.3. The van der Waals surface area contributed by atoms with Gasteiger partial charge in [0.05, 0.1) is 16.2 Å². The minimum Gasteiger partial charge on any atom is -0.325 e. The summed E-state index contributed by atoms with van der Waals surface area (Å²) in [5, 5.41) is 5.82. The Balaban J connectivity index is 1.63. The van der Waals surface area contributed by atoms with Gasteiger partial charge in [-0.05, 0) is 30.3 Å². The highest BCUT2D eigenvalue weighted by atomic mass is 35.5. The van der Waals surface area contributed by atoms with Crippen molar-refractivity contribution >= 4 is 74.6 Å². The number of amides is 3. The predicted molar refractivity (Wildman–Crippen MR) is 114 cm³/mol. The second kappa shape index (κ2) is 7.38. The van der Waals surface area contributed by atoms with Gasteiger partial charge in [0.1, 0.15) is 10.9 Å². The number of anilines is 2. The van der Waals surface area contributed by atoms with Crippen LogP contribution in [0.1, 0.15) is 5.56 Å². The van der Waals surface area contributed by atoms with Crippen molar-refractivity contribution in [3.63, 3.8) is 0 Å². The van der Waals surface area contributed by atoms with Gasteiger partial charge < -0.3 is 10.6 Å². The molecule has 0 aromatic heterocycles. The highest BCUT2D eigenvalue weighted by molar-refractivity contribution is 8.27. The van der Waals surface area contributed by atoms with Crippen molar-refractivity contribution in [1.29, 1.82) is 0 Å². The smallest absolute Gasteiger partial charge is 0.264 e. The number of thioether (sulfide) groups is 1. The highest BCUT2D eigenvalue weighted by Gasteiger charge is 2.39. The first-order valence-corrected chi connectivity index (χ1v) is 9.78. The molecular formula is C19H12ClN3O3S2. The summed E-state index contributed by atoms with van der Waals surface area (Å²) in [5.41, 5.74) is 2.02. The number of nitrogens with one attached hydrogen (secondary N) is 2. The van der Waals surface area contributed by atoms with E-state index in [2.05, 4.69) is 10.6 Å². The van der Waals surface area contributed by atoms with Crippen LogP contribution in [0.15, 0.2) is 53.4 Å². The van der Waals surface area contributed by atoms with Gasteiger partial charge in [-0.15, -0.1) is 0 Å². The molecule has 4 rings (SSSR count). The zero-order valence-electron chi connectivity index (χ0n) is 14.2. The van der Waals surface area contributed by atoms with E-state index in [0.29, 0.717) is 26.3 Å². The number of hydrogen-bond acceptors (Lipinski definition) is 5. The molecule has 3 amide bonds. The maximum absolute atomic E-state index is 13.1. The Labute approximate surface area is 174 Å². The van der Waals surface area contributed by atoms with Gasteiger partial charge in [0.15, 0.2) is 0 Å². The minimum absolute atomic E-state index is 0.189.